The number of para-hydroxylation sites is 2. The molecule has 0 N–H and O–H groups in total. The molecule has 0 bridgehead atoms. The van der Waals surface area contributed by atoms with Crippen LogP contribution >= 0.6 is 0 Å². The fraction of sp³-hybridized carbons (Fsp3) is 0.286. The molecule has 4 aromatic rings. The number of aromatic nitrogens is 4. The molecular weight excluding hydrogens is 418 g/mol. The van der Waals surface area contributed by atoms with Crippen LogP contribution in [0.3, 0.4) is 0 Å². The van der Waals surface area contributed by atoms with E-state index < -0.39 is 10.0 Å². The molecule has 0 unspecified atom stereocenters. The quantitative estimate of drug-likeness (QED) is 0.482. The third-order valence-electron chi connectivity index (χ3n) is 5.22. The summed E-state index contributed by atoms with van der Waals surface area (Å²) in [6, 6.07) is 12.1. The van der Waals surface area contributed by atoms with Gasteiger partial charge in [0.2, 0.25) is 5.65 Å². The summed E-state index contributed by atoms with van der Waals surface area (Å²) in [6.07, 6.45) is 0. The minimum atomic E-state index is -3.94. The SMILES string of the molecule is CC(C)c1nnc2c(N(C)S(=O)(=O)c3ccc4c(c3)OCCO4)nc3ccccc3n12. The molecule has 5 rings (SSSR count). The Morgan fingerprint density at radius 2 is 1.77 bits per heavy atom. The maximum absolute atomic E-state index is 13.5. The topological polar surface area (TPSA) is 98.9 Å². The summed E-state index contributed by atoms with van der Waals surface area (Å²) in [5, 5.41) is 8.60. The summed E-state index contributed by atoms with van der Waals surface area (Å²) < 4.78 is 41.0. The van der Waals surface area contributed by atoms with Crippen LogP contribution < -0.4 is 13.8 Å². The van der Waals surface area contributed by atoms with E-state index in [9.17, 15) is 8.42 Å². The third kappa shape index (κ3) is 3.05. The zero-order chi connectivity index (χ0) is 21.8. The average Bonchev–Trinajstić information content (AvgIpc) is 3.23. The van der Waals surface area contributed by atoms with Crippen LogP contribution in [0.15, 0.2) is 47.4 Å². The van der Waals surface area contributed by atoms with Crippen LogP contribution in [0.5, 0.6) is 11.5 Å². The first-order valence-corrected chi connectivity index (χ1v) is 11.3. The van der Waals surface area contributed by atoms with Crippen LogP contribution in [0.4, 0.5) is 5.82 Å². The minimum absolute atomic E-state index is 0.0796. The highest BCUT2D eigenvalue weighted by molar-refractivity contribution is 7.92. The van der Waals surface area contributed by atoms with Gasteiger partial charge in [0.15, 0.2) is 17.3 Å². The molecule has 0 aliphatic carbocycles. The molecule has 0 saturated heterocycles. The van der Waals surface area contributed by atoms with Crippen molar-refractivity contribution in [3.05, 3.63) is 48.3 Å². The van der Waals surface area contributed by atoms with Crippen LogP contribution in [0, 0.1) is 0 Å². The molecule has 2 aromatic carbocycles. The van der Waals surface area contributed by atoms with Gasteiger partial charge in [0.05, 0.1) is 15.9 Å². The van der Waals surface area contributed by atoms with Gasteiger partial charge in [0, 0.05) is 19.0 Å². The number of sulfonamides is 1. The fourth-order valence-corrected chi connectivity index (χ4v) is 4.79. The van der Waals surface area contributed by atoms with Gasteiger partial charge in [0.1, 0.15) is 19.0 Å². The van der Waals surface area contributed by atoms with E-state index in [4.69, 9.17) is 9.47 Å². The standard InChI is InChI=1S/C21H21N5O4S/c1-13(2)19-23-24-21-20(22-15-6-4-5-7-16(15)26(19)21)25(3)31(27,28)14-8-9-17-18(12-14)30-11-10-29-17/h4-9,12-13H,10-11H2,1-3H3. The lowest BCUT2D eigenvalue weighted by Crippen LogP contribution is -2.28. The van der Waals surface area contributed by atoms with E-state index in [1.54, 1.807) is 6.07 Å². The lowest BCUT2D eigenvalue weighted by molar-refractivity contribution is 0.171. The van der Waals surface area contributed by atoms with Crippen molar-refractivity contribution in [1.82, 2.24) is 19.6 Å². The smallest absolute Gasteiger partial charge is 0.265 e. The van der Waals surface area contributed by atoms with E-state index in [-0.39, 0.29) is 16.6 Å². The highest BCUT2D eigenvalue weighted by atomic mass is 32.2. The van der Waals surface area contributed by atoms with Crippen LogP contribution in [0.25, 0.3) is 16.7 Å². The molecule has 0 fully saturated rings. The maximum Gasteiger partial charge on any atom is 0.265 e. The summed E-state index contributed by atoms with van der Waals surface area (Å²) >= 11 is 0. The number of anilines is 1. The number of ether oxygens (including phenoxy) is 2. The number of hydrogen-bond acceptors (Lipinski definition) is 7. The van der Waals surface area contributed by atoms with Crippen molar-refractivity contribution in [1.29, 1.82) is 0 Å². The molecule has 0 amide bonds. The summed E-state index contributed by atoms with van der Waals surface area (Å²) in [4.78, 5) is 4.70. The molecule has 0 atom stereocenters. The first-order valence-electron chi connectivity index (χ1n) is 9.90. The Hall–Kier alpha value is -3.40. The number of fused-ring (bicyclic) bond motifs is 4. The average molecular weight is 439 g/mol. The zero-order valence-corrected chi connectivity index (χ0v) is 18.1. The Morgan fingerprint density at radius 1 is 1.03 bits per heavy atom. The van der Waals surface area contributed by atoms with Crippen molar-refractivity contribution in [3.8, 4) is 11.5 Å². The second-order valence-electron chi connectivity index (χ2n) is 7.57. The van der Waals surface area contributed by atoms with Crippen molar-refractivity contribution < 1.29 is 17.9 Å². The maximum atomic E-state index is 13.5. The molecular formula is C21H21N5O4S. The van der Waals surface area contributed by atoms with Crippen molar-refractivity contribution in [2.45, 2.75) is 24.7 Å². The molecule has 9 nitrogen and oxygen atoms in total. The first kappa shape index (κ1) is 19.6. The summed E-state index contributed by atoms with van der Waals surface area (Å²) in [5.41, 5.74) is 1.85. The Labute approximate surface area is 179 Å². The molecule has 10 heteroatoms. The first-order chi connectivity index (χ1) is 14.9. The Morgan fingerprint density at radius 3 is 2.55 bits per heavy atom. The zero-order valence-electron chi connectivity index (χ0n) is 17.3. The van der Waals surface area contributed by atoms with Crippen molar-refractivity contribution >= 4 is 32.5 Å². The molecule has 1 aliphatic heterocycles. The van der Waals surface area contributed by atoms with Crippen molar-refractivity contribution in [3.63, 3.8) is 0 Å². The van der Waals surface area contributed by atoms with Crippen LogP contribution in [-0.4, -0.2) is 48.3 Å². The molecule has 31 heavy (non-hydrogen) atoms. The van der Waals surface area contributed by atoms with Gasteiger partial charge in [-0.2, -0.15) is 0 Å². The van der Waals surface area contributed by atoms with Crippen molar-refractivity contribution in [2.24, 2.45) is 0 Å². The van der Waals surface area contributed by atoms with Gasteiger partial charge in [-0.25, -0.2) is 17.7 Å². The highest BCUT2D eigenvalue weighted by Crippen LogP contribution is 2.35. The van der Waals surface area contributed by atoms with Crippen LogP contribution in [0.1, 0.15) is 25.6 Å². The van der Waals surface area contributed by atoms with Crippen molar-refractivity contribution in [2.75, 3.05) is 24.6 Å². The second kappa shape index (κ2) is 7.09. The minimum Gasteiger partial charge on any atom is -0.486 e. The lowest BCUT2D eigenvalue weighted by atomic mass is 10.2. The van der Waals surface area contributed by atoms with E-state index >= 15 is 0 Å². The molecule has 0 spiro atoms. The molecule has 0 radical (unpaired) electrons. The number of benzene rings is 2. The van der Waals surface area contributed by atoms with E-state index in [1.165, 1.54) is 19.2 Å². The molecule has 160 valence electrons. The monoisotopic (exact) mass is 439 g/mol. The van der Waals surface area contributed by atoms with Gasteiger partial charge in [-0.05, 0) is 24.3 Å². The predicted octanol–water partition coefficient (Wildman–Crippen LogP) is 3.00. The van der Waals surface area contributed by atoms with E-state index in [1.807, 2.05) is 42.5 Å². The Balaban J connectivity index is 1.69. The van der Waals surface area contributed by atoms with E-state index in [0.717, 1.165) is 15.6 Å². The van der Waals surface area contributed by atoms with Crippen LogP contribution in [0.2, 0.25) is 0 Å². The van der Waals surface area contributed by atoms with E-state index in [2.05, 4.69) is 15.2 Å². The Bertz CT molecular complexity index is 1410. The van der Waals surface area contributed by atoms with Gasteiger partial charge >= 0.3 is 0 Å². The van der Waals surface area contributed by atoms with Crippen LogP contribution in [-0.2, 0) is 10.0 Å². The van der Waals surface area contributed by atoms with Gasteiger partial charge in [0.25, 0.3) is 10.0 Å². The van der Waals surface area contributed by atoms with Gasteiger partial charge in [-0.15, -0.1) is 10.2 Å². The highest BCUT2D eigenvalue weighted by Gasteiger charge is 2.28. The fourth-order valence-electron chi connectivity index (χ4n) is 3.63. The molecule has 3 heterocycles. The summed E-state index contributed by atoms with van der Waals surface area (Å²) in [6.45, 7) is 4.84. The normalized spacial score (nSPS) is 13.8. The largest absolute Gasteiger partial charge is 0.486 e. The lowest BCUT2D eigenvalue weighted by Gasteiger charge is -2.22. The van der Waals surface area contributed by atoms with Gasteiger partial charge < -0.3 is 9.47 Å². The number of rotatable bonds is 4. The number of nitrogens with zero attached hydrogens (tertiary/aromatic N) is 5. The summed E-state index contributed by atoms with van der Waals surface area (Å²) in [5.74, 6) is 1.96. The molecule has 1 aliphatic rings. The van der Waals surface area contributed by atoms with Gasteiger partial charge in [-0.1, -0.05) is 26.0 Å². The summed E-state index contributed by atoms with van der Waals surface area (Å²) in [7, 11) is -2.48. The van der Waals surface area contributed by atoms with Gasteiger partial charge in [-0.3, -0.25) is 4.40 Å². The van der Waals surface area contributed by atoms with E-state index in [0.29, 0.717) is 35.9 Å². The number of hydrogen-bond donors (Lipinski definition) is 0. The molecule has 2 aromatic heterocycles. The predicted molar refractivity (Wildman–Crippen MR) is 115 cm³/mol. The third-order valence-corrected chi connectivity index (χ3v) is 6.97. The Kier molecular flexibility index (Phi) is 4.47. The second-order valence-corrected chi connectivity index (χ2v) is 9.54. The molecule has 0 saturated carbocycles.